The van der Waals surface area contributed by atoms with Crippen molar-refractivity contribution in [1.29, 1.82) is 0 Å². The molecule has 0 bridgehead atoms. The number of aromatic amines is 1. The van der Waals surface area contributed by atoms with Gasteiger partial charge in [-0.3, -0.25) is 14.3 Å². The Morgan fingerprint density at radius 1 is 1.52 bits per heavy atom. The third kappa shape index (κ3) is 4.30. The Morgan fingerprint density at radius 3 is 2.89 bits per heavy atom. The van der Waals surface area contributed by atoms with Crippen molar-refractivity contribution in [2.45, 2.75) is 38.1 Å². The van der Waals surface area contributed by atoms with E-state index in [1.165, 1.54) is 15.1 Å². The number of aryl methyl sites for hydroxylation is 1. The van der Waals surface area contributed by atoms with Gasteiger partial charge in [0.1, 0.15) is 18.9 Å². The number of aromatic nitrogens is 2. The molecule has 1 aromatic heterocycles. The van der Waals surface area contributed by atoms with Crippen LogP contribution in [0.1, 0.15) is 24.6 Å². The molecule has 0 spiro atoms. The van der Waals surface area contributed by atoms with Crippen LogP contribution >= 0.6 is 0 Å². The summed E-state index contributed by atoms with van der Waals surface area (Å²) in [5, 5.41) is 0. The Morgan fingerprint density at radius 2 is 2.26 bits per heavy atom. The van der Waals surface area contributed by atoms with Gasteiger partial charge in [-0.25, -0.2) is 4.79 Å². The molecule has 0 amide bonds. The highest BCUT2D eigenvalue weighted by Crippen LogP contribution is 2.32. The zero-order valence-corrected chi connectivity index (χ0v) is 15.6. The number of halogens is 1. The summed E-state index contributed by atoms with van der Waals surface area (Å²) < 4.78 is 44.1. The fourth-order valence-corrected chi connectivity index (χ4v) is 4.32. The summed E-state index contributed by atoms with van der Waals surface area (Å²) in [5.41, 5.74) is -0.814. The van der Waals surface area contributed by atoms with Gasteiger partial charge in [0, 0.05) is 31.3 Å². The van der Waals surface area contributed by atoms with E-state index in [4.69, 9.17) is 15.9 Å². The van der Waals surface area contributed by atoms with E-state index in [0.29, 0.717) is 18.7 Å². The van der Waals surface area contributed by atoms with Gasteiger partial charge in [-0.1, -0.05) is 5.92 Å². The van der Waals surface area contributed by atoms with Gasteiger partial charge in [-0.2, -0.15) is 12.9 Å². The monoisotopic (exact) mass is 400 g/mol. The molecule has 4 atom stereocenters. The lowest BCUT2D eigenvalue weighted by atomic mass is 10.1. The van der Waals surface area contributed by atoms with Crippen LogP contribution < -0.4 is 11.2 Å². The number of H-pyrrole nitrogens is 1. The second-order valence-corrected chi connectivity index (χ2v) is 8.04. The molecule has 9 nitrogen and oxygen atoms in total. The second-order valence-electron chi connectivity index (χ2n) is 6.45. The summed E-state index contributed by atoms with van der Waals surface area (Å²) >= 11 is 0. The lowest BCUT2D eigenvalue weighted by Crippen LogP contribution is -2.40. The van der Waals surface area contributed by atoms with Crippen molar-refractivity contribution in [3.05, 3.63) is 32.6 Å². The van der Waals surface area contributed by atoms with Crippen LogP contribution in [0.2, 0.25) is 0 Å². The SMILES string of the molecule is C#CCOCC1O[C@@H](n2cc(C)c(=O)[nH]c2=O)C[C@H]1N=S(=O)(F)N1CCC1. The Bertz CT molecular complexity index is 970. The fourth-order valence-electron chi connectivity index (χ4n) is 2.93. The molecular weight excluding hydrogens is 379 g/mol. The van der Waals surface area contributed by atoms with E-state index in [-0.39, 0.29) is 19.6 Å². The third-order valence-corrected chi connectivity index (χ3v) is 6.06. The molecule has 0 saturated carbocycles. The second kappa shape index (κ2) is 7.93. The summed E-state index contributed by atoms with van der Waals surface area (Å²) in [5.74, 6) is 2.31. The number of terminal acetylenes is 1. The molecule has 2 aliphatic heterocycles. The van der Waals surface area contributed by atoms with Gasteiger partial charge in [-0.05, 0) is 13.3 Å². The highest BCUT2D eigenvalue weighted by Gasteiger charge is 2.39. The minimum Gasteiger partial charge on any atom is -0.366 e. The van der Waals surface area contributed by atoms with Crippen LogP contribution in [-0.2, 0) is 19.8 Å². The molecule has 27 heavy (non-hydrogen) atoms. The van der Waals surface area contributed by atoms with E-state index < -0.39 is 39.9 Å². The Hall–Kier alpha value is -2.00. The van der Waals surface area contributed by atoms with Crippen molar-refractivity contribution < 1.29 is 17.6 Å². The highest BCUT2D eigenvalue weighted by molar-refractivity contribution is 7.86. The third-order valence-electron chi connectivity index (χ3n) is 4.53. The van der Waals surface area contributed by atoms with Crippen LogP contribution in [0, 0.1) is 19.3 Å². The van der Waals surface area contributed by atoms with Gasteiger partial charge in [-0.15, -0.1) is 10.3 Å². The average Bonchev–Trinajstić information content (AvgIpc) is 2.91. The molecule has 0 aliphatic carbocycles. The van der Waals surface area contributed by atoms with E-state index in [1.54, 1.807) is 6.92 Å². The van der Waals surface area contributed by atoms with E-state index in [9.17, 15) is 17.7 Å². The van der Waals surface area contributed by atoms with Crippen molar-refractivity contribution in [2.24, 2.45) is 4.36 Å². The van der Waals surface area contributed by atoms with Gasteiger partial charge in [0.15, 0.2) is 0 Å². The number of ether oxygens (including phenoxy) is 2. The summed E-state index contributed by atoms with van der Waals surface area (Å²) in [6, 6.07) is -0.787. The van der Waals surface area contributed by atoms with Crippen molar-refractivity contribution in [3.63, 3.8) is 0 Å². The minimum atomic E-state index is -4.01. The molecule has 2 aliphatic rings. The van der Waals surface area contributed by atoms with E-state index in [0.717, 1.165) is 6.42 Å². The van der Waals surface area contributed by atoms with Crippen LogP contribution in [0.4, 0.5) is 3.89 Å². The maximum atomic E-state index is 14.5. The molecular formula is C16H21FN4O5S. The Balaban J connectivity index is 1.87. The lowest BCUT2D eigenvalue weighted by Gasteiger charge is -2.29. The van der Waals surface area contributed by atoms with Crippen molar-refractivity contribution in [1.82, 2.24) is 13.9 Å². The van der Waals surface area contributed by atoms with Gasteiger partial charge < -0.3 is 9.47 Å². The number of nitrogens with one attached hydrogen (secondary N) is 1. The first-order valence-electron chi connectivity index (χ1n) is 8.51. The number of nitrogens with zero attached hydrogens (tertiary/aromatic N) is 3. The van der Waals surface area contributed by atoms with Crippen LogP contribution in [0.15, 0.2) is 20.1 Å². The van der Waals surface area contributed by atoms with E-state index in [1.807, 2.05) is 0 Å². The number of rotatable bonds is 6. The van der Waals surface area contributed by atoms with Gasteiger partial charge in [0.25, 0.3) is 15.9 Å². The van der Waals surface area contributed by atoms with Crippen LogP contribution in [-0.4, -0.2) is 56.5 Å². The standard InChI is InChI=1S/C16H21FN4O5S/c1-3-7-25-10-13-12(19-27(17,24)20-5-4-6-20)8-14(26-13)21-9-11(2)15(22)18-16(21)23/h1,9,12-14H,4-8,10H2,2H3,(H,18,22,23)/t12-,13?,14-,27?/m1/s1. The summed E-state index contributed by atoms with van der Waals surface area (Å²) in [7, 11) is -4.01. The molecule has 3 rings (SSSR count). The zero-order valence-electron chi connectivity index (χ0n) is 14.8. The lowest BCUT2D eigenvalue weighted by molar-refractivity contribution is -0.0404. The Labute approximate surface area is 156 Å². The molecule has 0 radical (unpaired) electrons. The van der Waals surface area contributed by atoms with Crippen LogP contribution in [0.25, 0.3) is 0 Å². The van der Waals surface area contributed by atoms with Crippen molar-refractivity contribution in [2.75, 3.05) is 26.3 Å². The summed E-state index contributed by atoms with van der Waals surface area (Å²) in [6.07, 6.45) is 5.88. The summed E-state index contributed by atoms with van der Waals surface area (Å²) in [6.45, 7) is 2.37. The number of hydrogen-bond donors (Lipinski definition) is 1. The predicted octanol–water partition coefficient (Wildman–Crippen LogP) is 0.124. The minimum absolute atomic E-state index is 0.0153. The Kier molecular flexibility index (Phi) is 5.81. The molecule has 1 N–H and O–H groups in total. The van der Waals surface area contributed by atoms with Crippen molar-refractivity contribution >= 4 is 10.3 Å². The molecule has 2 fully saturated rings. The smallest absolute Gasteiger partial charge is 0.330 e. The molecule has 2 unspecified atom stereocenters. The van der Waals surface area contributed by atoms with Crippen LogP contribution in [0.3, 0.4) is 0 Å². The first-order valence-corrected chi connectivity index (χ1v) is 9.88. The zero-order chi connectivity index (χ0) is 19.6. The molecule has 0 aromatic carbocycles. The predicted molar refractivity (Wildman–Crippen MR) is 95.9 cm³/mol. The van der Waals surface area contributed by atoms with Crippen LogP contribution in [0.5, 0.6) is 0 Å². The first kappa shape index (κ1) is 19.8. The molecule has 2 saturated heterocycles. The largest absolute Gasteiger partial charge is 0.366 e. The number of hydrogen-bond acceptors (Lipinski definition) is 6. The van der Waals surface area contributed by atoms with Gasteiger partial charge >= 0.3 is 5.69 Å². The molecule has 148 valence electrons. The van der Waals surface area contributed by atoms with E-state index >= 15 is 0 Å². The molecule has 1 aromatic rings. The van der Waals surface area contributed by atoms with Gasteiger partial charge in [0.2, 0.25) is 0 Å². The average molecular weight is 400 g/mol. The maximum absolute atomic E-state index is 14.5. The van der Waals surface area contributed by atoms with Gasteiger partial charge in [0.05, 0.1) is 12.6 Å². The quantitative estimate of drug-likeness (QED) is 0.415. The highest BCUT2D eigenvalue weighted by atomic mass is 32.3. The van der Waals surface area contributed by atoms with Crippen molar-refractivity contribution in [3.8, 4) is 12.3 Å². The first-order chi connectivity index (χ1) is 12.8. The maximum Gasteiger partial charge on any atom is 0.330 e. The molecule has 3 heterocycles. The topological polar surface area (TPSA) is 106 Å². The van der Waals surface area contributed by atoms with E-state index in [2.05, 4.69) is 15.3 Å². The normalized spacial score (nSPS) is 27.5. The fraction of sp³-hybridized carbons (Fsp3) is 0.625. The molecule has 11 heteroatoms. The summed E-state index contributed by atoms with van der Waals surface area (Å²) in [4.78, 5) is 25.8.